The summed E-state index contributed by atoms with van der Waals surface area (Å²) < 4.78 is 12.6. The van der Waals surface area contributed by atoms with Gasteiger partial charge < -0.3 is 13.7 Å². The molecule has 0 bridgehead atoms. The second kappa shape index (κ2) is 11.7. The van der Waals surface area contributed by atoms with Crippen LogP contribution in [-0.2, 0) is 0 Å². The lowest BCUT2D eigenvalue weighted by Crippen LogP contribution is -2.10. The van der Waals surface area contributed by atoms with Crippen molar-refractivity contribution >= 4 is 82.5 Å². The molecule has 0 aliphatic heterocycles. The monoisotopic (exact) mass is 677 g/mol. The third-order valence-corrected chi connectivity index (χ3v) is 10.6. The first-order valence-corrected chi connectivity index (χ1v) is 18.0. The largest absolute Gasteiger partial charge is 0.456 e. The Labute approximate surface area is 305 Å². The minimum atomic E-state index is 0.860. The zero-order chi connectivity index (χ0) is 34.9. The summed E-state index contributed by atoms with van der Waals surface area (Å²) in [5.74, 6) is 0. The van der Waals surface area contributed by atoms with E-state index in [1.807, 2.05) is 24.3 Å². The molecule has 0 N–H and O–H groups in total. The lowest BCUT2D eigenvalue weighted by molar-refractivity contribution is 0.668. The van der Waals surface area contributed by atoms with Crippen molar-refractivity contribution in [1.82, 2.24) is 0 Å². The number of fused-ring (bicyclic) bond motifs is 9. The van der Waals surface area contributed by atoms with Crippen LogP contribution in [0.2, 0.25) is 0 Å². The quantitative estimate of drug-likeness (QED) is 0.170. The maximum Gasteiger partial charge on any atom is 0.137 e. The Morgan fingerprint density at radius 2 is 0.887 bits per heavy atom. The van der Waals surface area contributed by atoms with E-state index in [-0.39, 0.29) is 0 Å². The van der Waals surface area contributed by atoms with Crippen LogP contribution in [-0.4, -0.2) is 0 Å². The van der Waals surface area contributed by atoms with Gasteiger partial charge in [-0.1, -0.05) is 121 Å². The van der Waals surface area contributed by atoms with E-state index in [9.17, 15) is 0 Å². The molecule has 11 rings (SSSR count). The first kappa shape index (κ1) is 29.6. The fraction of sp³-hybridized carbons (Fsp3) is 0. The van der Waals surface area contributed by atoms with Crippen LogP contribution in [0.1, 0.15) is 0 Å². The Hall–Kier alpha value is -7.10. The highest BCUT2D eigenvalue weighted by molar-refractivity contribution is 6.15. The van der Waals surface area contributed by atoms with E-state index in [0.717, 1.165) is 77.6 Å². The molecule has 3 nitrogen and oxygen atoms in total. The van der Waals surface area contributed by atoms with E-state index < -0.39 is 0 Å². The van der Waals surface area contributed by atoms with Gasteiger partial charge in [-0.15, -0.1) is 0 Å². The molecule has 53 heavy (non-hydrogen) atoms. The average Bonchev–Trinajstić information content (AvgIpc) is 3.79. The number of rotatable bonds is 5. The number of para-hydroxylation sites is 2. The maximum atomic E-state index is 6.42. The van der Waals surface area contributed by atoms with Crippen molar-refractivity contribution < 1.29 is 8.83 Å². The van der Waals surface area contributed by atoms with Crippen LogP contribution in [0.15, 0.2) is 197 Å². The summed E-state index contributed by atoms with van der Waals surface area (Å²) in [6.45, 7) is 0. The number of hydrogen-bond donors (Lipinski definition) is 0. The first-order valence-electron chi connectivity index (χ1n) is 18.0. The zero-order valence-electron chi connectivity index (χ0n) is 28.7. The van der Waals surface area contributed by atoms with Crippen molar-refractivity contribution in [2.45, 2.75) is 0 Å². The Kier molecular flexibility index (Phi) is 6.55. The molecule has 2 aromatic heterocycles. The van der Waals surface area contributed by atoms with Crippen molar-refractivity contribution in [3.05, 3.63) is 188 Å². The molecule has 0 spiro atoms. The van der Waals surface area contributed by atoms with Crippen LogP contribution in [0.5, 0.6) is 0 Å². The molecular weight excluding hydrogens is 647 g/mol. The first-order chi connectivity index (χ1) is 26.3. The Morgan fingerprint density at radius 1 is 0.321 bits per heavy atom. The van der Waals surface area contributed by atoms with Crippen molar-refractivity contribution in [2.75, 3.05) is 4.90 Å². The van der Waals surface area contributed by atoms with Gasteiger partial charge in [0.2, 0.25) is 0 Å². The van der Waals surface area contributed by atoms with Gasteiger partial charge in [0.15, 0.2) is 0 Å². The van der Waals surface area contributed by atoms with Crippen LogP contribution in [0.4, 0.5) is 17.1 Å². The molecule has 0 atom stereocenters. The van der Waals surface area contributed by atoms with Crippen LogP contribution < -0.4 is 4.90 Å². The molecule has 9 aromatic carbocycles. The fourth-order valence-corrected chi connectivity index (χ4v) is 8.21. The second-order valence-corrected chi connectivity index (χ2v) is 13.7. The zero-order valence-corrected chi connectivity index (χ0v) is 28.7. The van der Waals surface area contributed by atoms with E-state index in [1.165, 1.54) is 27.1 Å². The van der Waals surface area contributed by atoms with Crippen molar-refractivity contribution in [3.63, 3.8) is 0 Å². The van der Waals surface area contributed by atoms with E-state index in [0.29, 0.717) is 0 Å². The molecule has 0 aliphatic rings. The Morgan fingerprint density at radius 3 is 1.72 bits per heavy atom. The van der Waals surface area contributed by atoms with Crippen molar-refractivity contribution in [1.29, 1.82) is 0 Å². The SMILES string of the molecule is c1cc(-c2ccc3oc4ccccc4c3c2)cc(N(c2cccc(-c3cc4ccccc4c4ccccc34)c2)c2cccc3oc4ccccc4c23)c1. The lowest BCUT2D eigenvalue weighted by atomic mass is 9.93. The molecule has 11 aromatic rings. The van der Waals surface area contributed by atoms with E-state index in [1.54, 1.807) is 0 Å². The molecule has 0 radical (unpaired) electrons. The summed E-state index contributed by atoms with van der Waals surface area (Å²) in [5.41, 5.74) is 11.3. The third kappa shape index (κ3) is 4.75. The standard InChI is InChI=1S/C50H31NO2/c1-2-17-38-35(12-1)31-43(40-19-4-3-18-39(38)40)34-14-10-16-37(29-34)51(45-22-11-25-49-50(45)42-21-6-8-24-47(42)53-49)36-15-9-13-32(28-36)33-26-27-48-44(30-33)41-20-5-7-23-46(41)52-48/h1-31H. The predicted molar refractivity (Wildman–Crippen MR) is 222 cm³/mol. The minimum absolute atomic E-state index is 0.860. The average molecular weight is 678 g/mol. The van der Waals surface area contributed by atoms with Gasteiger partial charge in [0, 0.05) is 27.5 Å². The van der Waals surface area contributed by atoms with Crippen LogP contribution >= 0.6 is 0 Å². The second-order valence-electron chi connectivity index (χ2n) is 13.7. The highest BCUT2D eigenvalue weighted by Gasteiger charge is 2.21. The van der Waals surface area contributed by atoms with Gasteiger partial charge in [0.1, 0.15) is 22.3 Å². The van der Waals surface area contributed by atoms with Crippen molar-refractivity contribution in [2.24, 2.45) is 0 Å². The van der Waals surface area contributed by atoms with Gasteiger partial charge in [-0.05, 0) is 111 Å². The molecule has 0 amide bonds. The van der Waals surface area contributed by atoms with Gasteiger partial charge in [0.25, 0.3) is 0 Å². The summed E-state index contributed by atoms with van der Waals surface area (Å²) in [6.07, 6.45) is 0. The summed E-state index contributed by atoms with van der Waals surface area (Å²) in [5, 5.41) is 9.41. The molecule has 0 aliphatic carbocycles. The minimum Gasteiger partial charge on any atom is -0.456 e. The molecule has 0 saturated carbocycles. The number of hydrogen-bond acceptors (Lipinski definition) is 3. The van der Waals surface area contributed by atoms with Crippen LogP contribution in [0, 0.1) is 0 Å². The lowest BCUT2D eigenvalue weighted by Gasteiger charge is -2.27. The van der Waals surface area contributed by atoms with Gasteiger partial charge in [0.05, 0.1) is 11.1 Å². The highest BCUT2D eigenvalue weighted by Crippen LogP contribution is 2.45. The van der Waals surface area contributed by atoms with Crippen LogP contribution in [0.25, 0.3) is 87.7 Å². The summed E-state index contributed by atoms with van der Waals surface area (Å²) in [7, 11) is 0. The van der Waals surface area contributed by atoms with Gasteiger partial charge >= 0.3 is 0 Å². The predicted octanol–water partition coefficient (Wildman–Crippen LogP) is 14.6. The number of furan rings is 2. The fourth-order valence-electron chi connectivity index (χ4n) is 8.21. The normalized spacial score (nSPS) is 11.8. The smallest absolute Gasteiger partial charge is 0.137 e. The molecular formula is C50H31NO2. The molecule has 0 unspecified atom stereocenters. The number of nitrogens with zero attached hydrogens (tertiary/aromatic N) is 1. The maximum absolute atomic E-state index is 6.42. The molecule has 2 heterocycles. The molecule has 0 saturated heterocycles. The Balaban J connectivity index is 1.14. The number of anilines is 3. The van der Waals surface area contributed by atoms with E-state index in [2.05, 4.69) is 169 Å². The Bertz CT molecular complexity index is 3200. The van der Waals surface area contributed by atoms with Gasteiger partial charge in [-0.25, -0.2) is 0 Å². The molecule has 3 heteroatoms. The van der Waals surface area contributed by atoms with E-state index in [4.69, 9.17) is 8.83 Å². The van der Waals surface area contributed by atoms with Gasteiger partial charge in [-0.2, -0.15) is 0 Å². The number of benzene rings is 9. The highest BCUT2D eigenvalue weighted by atomic mass is 16.3. The van der Waals surface area contributed by atoms with Gasteiger partial charge in [-0.3, -0.25) is 0 Å². The summed E-state index contributed by atoms with van der Waals surface area (Å²) in [4.78, 5) is 2.38. The summed E-state index contributed by atoms with van der Waals surface area (Å²) in [6, 6.07) is 67.0. The molecule has 248 valence electrons. The summed E-state index contributed by atoms with van der Waals surface area (Å²) >= 11 is 0. The molecule has 0 fully saturated rings. The van der Waals surface area contributed by atoms with Crippen molar-refractivity contribution in [3.8, 4) is 22.3 Å². The van der Waals surface area contributed by atoms with Crippen LogP contribution in [0.3, 0.4) is 0 Å². The third-order valence-electron chi connectivity index (χ3n) is 10.6. The van der Waals surface area contributed by atoms with E-state index >= 15 is 0 Å². The topological polar surface area (TPSA) is 29.5 Å².